The van der Waals surface area contributed by atoms with Crippen molar-refractivity contribution in [2.45, 2.75) is 54.1 Å². The zero-order chi connectivity index (χ0) is 33.0. The van der Waals surface area contributed by atoms with E-state index in [1.54, 1.807) is 12.3 Å². The molecule has 0 aliphatic heterocycles. The number of aryl methyl sites for hydroxylation is 2. The number of ether oxygens (including phenoxy) is 3. The maximum Gasteiger partial charge on any atom is 0.282 e. The zero-order valence-electron chi connectivity index (χ0n) is 26.9. The molecule has 0 radical (unpaired) electrons. The number of halogens is 2. The van der Waals surface area contributed by atoms with Crippen LogP contribution < -0.4 is 19.8 Å². The SMILES string of the molecule is CCOc1cc(C)c(-c2nc3ccccc3c(=O)n2N=Cc2cc(OCC)c(OCc3ccc(C)cc3)c(Br)c2Br)cc1C(C)C. The first-order valence-electron chi connectivity index (χ1n) is 15.3. The van der Waals surface area contributed by atoms with Crippen LogP contribution in [0.2, 0.25) is 0 Å². The number of nitrogens with zero attached hydrogens (tertiary/aromatic N) is 3. The van der Waals surface area contributed by atoms with Gasteiger partial charge in [-0.1, -0.05) is 55.8 Å². The van der Waals surface area contributed by atoms with Gasteiger partial charge in [0.05, 0.1) is 34.8 Å². The quantitative estimate of drug-likeness (QED) is 0.126. The average Bonchev–Trinajstić information content (AvgIpc) is 3.03. The lowest BCUT2D eigenvalue weighted by atomic mass is 9.96. The summed E-state index contributed by atoms with van der Waals surface area (Å²) in [6.07, 6.45) is 1.63. The molecule has 4 aromatic carbocycles. The molecule has 0 saturated carbocycles. The lowest BCUT2D eigenvalue weighted by Gasteiger charge is -2.18. The second kappa shape index (κ2) is 14.6. The van der Waals surface area contributed by atoms with Crippen LogP contribution in [0.15, 0.2) is 85.6 Å². The van der Waals surface area contributed by atoms with Crippen LogP contribution in [0.5, 0.6) is 17.2 Å². The Balaban J connectivity index is 1.63. The predicted octanol–water partition coefficient (Wildman–Crippen LogP) is 9.59. The Labute approximate surface area is 286 Å². The van der Waals surface area contributed by atoms with Crippen LogP contribution in [0.25, 0.3) is 22.3 Å². The van der Waals surface area contributed by atoms with Crippen molar-refractivity contribution < 1.29 is 14.2 Å². The molecule has 9 heteroatoms. The van der Waals surface area contributed by atoms with Gasteiger partial charge in [0.2, 0.25) is 0 Å². The molecule has 46 heavy (non-hydrogen) atoms. The lowest BCUT2D eigenvalue weighted by molar-refractivity contribution is 0.267. The van der Waals surface area contributed by atoms with E-state index in [9.17, 15) is 4.79 Å². The highest BCUT2D eigenvalue weighted by Gasteiger charge is 2.20. The molecular formula is C37H37Br2N3O4. The van der Waals surface area contributed by atoms with E-state index in [2.05, 4.69) is 70.8 Å². The largest absolute Gasteiger partial charge is 0.494 e. The second-order valence-electron chi connectivity index (χ2n) is 11.2. The maximum absolute atomic E-state index is 14.0. The van der Waals surface area contributed by atoms with E-state index in [1.807, 2.05) is 63.2 Å². The Morgan fingerprint density at radius 3 is 2.28 bits per heavy atom. The summed E-state index contributed by atoms with van der Waals surface area (Å²) in [5.41, 5.74) is 6.03. The number of hydrogen-bond acceptors (Lipinski definition) is 6. The molecule has 5 aromatic rings. The molecule has 0 bridgehead atoms. The smallest absolute Gasteiger partial charge is 0.282 e. The van der Waals surface area contributed by atoms with Crippen molar-refractivity contribution in [3.05, 3.63) is 114 Å². The number of rotatable bonds is 11. The van der Waals surface area contributed by atoms with Gasteiger partial charge in [0.15, 0.2) is 17.3 Å². The van der Waals surface area contributed by atoms with Crippen molar-refractivity contribution in [3.63, 3.8) is 0 Å². The van der Waals surface area contributed by atoms with E-state index in [4.69, 9.17) is 24.3 Å². The van der Waals surface area contributed by atoms with E-state index >= 15 is 0 Å². The molecule has 0 N–H and O–H groups in total. The highest BCUT2D eigenvalue weighted by Crippen LogP contribution is 2.43. The first-order valence-corrected chi connectivity index (χ1v) is 16.9. The molecule has 1 heterocycles. The van der Waals surface area contributed by atoms with Gasteiger partial charge in [-0.2, -0.15) is 9.78 Å². The fraction of sp³-hybridized carbons (Fsp3) is 0.270. The number of fused-ring (bicyclic) bond motifs is 1. The molecule has 0 atom stereocenters. The van der Waals surface area contributed by atoms with Crippen LogP contribution in [0.3, 0.4) is 0 Å². The van der Waals surface area contributed by atoms with Gasteiger partial charge in [-0.15, -0.1) is 0 Å². The van der Waals surface area contributed by atoms with E-state index < -0.39 is 0 Å². The summed E-state index contributed by atoms with van der Waals surface area (Å²) in [4.78, 5) is 18.9. The fourth-order valence-electron chi connectivity index (χ4n) is 5.13. The number of benzene rings is 4. The highest BCUT2D eigenvalue weighted by molar-refractivity contribution is 9.13. The molecule has 0 saturated heterocycles. The van der Waals surface area contributed by atoms with Crippen LogP contribution in [-0.2, 0) is 6.61 Å². The third kappa shape index (κ3) is 7.05. The first kappa shape index (κ1) is 33.4. The van der Waals surface area contributed by atoms with Crippen molar-refractivity contribution in [1.82, 2.24) is 9.66 Å². The van der Waals surface area contributed by atoms with Crippen LogP contribution in [0.4, 0.5) is 0 Å². The molecule has 7 nitrogen and oxygen atoms in total. The summed E-state index contributed by atoms with van der Waals surface area (Å²) < 4.78 is 21.0. The van der Waals surface area contributed by atoms with Crippen molar-refractivity contribution in [2.75, 3.05) is 13.2 Å². The molecule has 0 aliphatic carbocycles. The molecule has 238 valence electrons. The predicted molar refractivity (Wildman–Crippen MR) is 193 cm³/mol. The molecule has 0 aliphatic rings. The van der Waals surface area contributed by atoms with Gasteiger partial charge in [-0.25, -0.2) is 4.98 Å². The number of aromatic nitrogens is 2. The number of hydrogen-bond donors (Lipinski definition) is 0. The van der Waals surface area contributed by atoms with Crippen molar-refractivity contribution in [3.8, 4) is 28.6 Å². The van der Waals surface area contributed by atoms with Crippen LogP contribution in [0.1, 0.15) is 61.4 Å². The van der Waals surface area contributed by atoms with Gasteiger partial charge in [-0.3, -0.25) is 4.79 Å². The standard InChI is InChI=1S/C37H37Br2N3O4/c1-7-44-31-17-24(6)29(19-28(31)22(3)4)36-41-30-12-10-9-11-27(30)37(43)42(36)40-20-26-18-32(45-8-2)35(34(39)33(26)38)46-21-25-15-13-23(5)14-16-25/h9-20,22H,7-8,21H2,1-6H3. The van der Waals surface area contributed by atoms with Gasteiger partial charge in [0.25, 0.3) is 5.56 Å². The Morgan fingerprint density at radius 2 is 1.59 bits per heavy atom. The van der Waals surface area contributed by atoms with Crippen LogP contribution in [-0.4, -0.2) is 29.1 Å². The average molecular weight is 748 g/mol. The maximum atomic E-state index is 14.0. The minimum Gasteiger partial charge on any atom is -0.494 e. The van der Waals surface area contributed by atoms with E-state index in [1.165, 1.54) is 10.2 Å². The van der Waals surface area contributed by atoms with Gasteiger partial charge in [0.1, 0.15) is 12.4 Å². The van der Waals surface area contributed by atoms with Crippen LogP contribution in [0, 0.1) is 13.8 Å². The Morgan fingerprint density at radius 1 is 0.891 bits per heavy atom. The highest BCUT2D eigenvalue weighted by atomic mass is 79.9. The summed E-state index contributed by atoms with van der Waals surface area (Å²) in [7, 11) is 0. The topological polar surface area (TPSA) is 74.9 Å². The van der Waals surface area contributed by atoms with Gasteiger partial charge < -0.3 is 14.2 Å². The summed E-state index contributed by atoms with van der Waals surface area (Å²) in [5.74, 6) is 2.60. The number of para-hydroxylation sites is 1. The molecule has 5 rings (SSSR count). The fourth-order valence-corrected chi connectivity index (χ4v) is 6.07. The molecule has 1 aromatic heterocycles. The Kier molecular flexibility index (Phi) is 10.6. The van der Waals surface area contributed by atoms with Crippen molar-refractivity contribution >= 4 is 49.0 Å². The Hall–Kier alpha value is -3.95. The monoisotopic (exact) mass is 745 g/mol. The molecular weight excluding hydrogens is 710 g/mol. The zero-order valence-corrected chi connectivity index (χ0v) is 30.0. The normalized spacial score (nSPS) is 11.5. The Bertz CT molecular complexity index is 1970. The van der Waals surface area contributed by atoms with Crippen molar-refractivity contribution in [1.29, 1.82) is 0 Å². The van der Waals surface area contributed by atoms with Gasteiger partial charge >= 0.3 is 0 Å². The summed E-state index contributed by atoms with van der Waals surface area (Å²) >= 11 is 7.42. The second-order valence-corrected chi connectivity index (χ2v) is 12.8. The summed E-state index contributed by atoms with van der Waals surface area (Å²) in [6.45, 7) is 13.6. The van der Waals surface area contributed by atoms with Gasteiger partial charge in [0, 0.05) is 15.6 Å². The first-order chi connectivity index (χ1) is 22.1. The molecule has 0 fully saturated rings. The molecule has 0 unspecified atom stereocenters. The van der Waals surface area contributed by atoms with Gasteiger partial charge in [-0.05, 0) is 112 Å². The van der Waals surface area contributed by atoms with Crippen LogP contribution >= 0.6 is 31.9 Å². The molecule has 0 spiro atoms. The minimum absolute atomic E-state index is 0.196. The summed E-state index contributed by atoms with van der Waals surface area (Å²) in [5, 5.41) is 5.23. The van der Waals surface area contributed by atoms with Crippen molar-refractivity contribution in [2.24, 2.45) is 5.10 Å². The van der Waals surface area contributed by atoms with E-state index in [-0.39, 0.29) is 11.5 Å². The summed E-state index contributed by atoms with van der Waals surface area (Å²) in [6, 6.07) is 21.5. The molecule has 0 amide bonds. The van der Waals surface area contributed by atoms with E-state index in [0.717, 1.165) is 28.0 Å². The lowest BCUT2D eigenvalue weighted by Crippen LogP contribution is -2.21. The minimum atomic E-state index is -0.269. The third-order valence-corrected chi connectivity index (χ3v) is 9.69. The van der Waals surface area contributed by atoms with E-state index in [0.29, 0.717) is 62.6 Å². The third-order valence-electron chi connectivity index (χ3n) is 7.55.